The first kappa shape index (κ1) is 7.20. The molecule has 0 aromatic carbocycles. The molecule has 0 atom stereocenters. The van der Waals surface area contributed by atoms with E-state index in [1.54, 1.807) is 6.92 Å². The van der Waals surface area contributed by atoms with Gasteiger partial charge in [-0.1, -0.05) is 0 Å². The molecule has 0 aliphatic heterocycles. The average Bonchev–Trinajstić information content (AvgIpc) is 1.67. The van der Waals surface area contributed by atoms with Crippen molar-refractivity contribution in [2.24, 2.45) is 0 Å². The Bertz CT molecular complexity index is 113. The van der Waals surface area contributed by atoms with Crippen LogP contribution in [0.3, 0.4) is 0 Å². The van der Waals surface area contributed by atoms with Crippen LogP contribution in [0.25, 0.3) is 0 Å². The van der Waals surface area contributed by atoms with Crippen molar-refractivity contribution >= 4 is 19.4 Å². The number of hydrogen-bond acceptors (Lipinski definition) is 3. The molecule has 0 aliphatic rings. The molecule has 42 valence electrons. The molecule has 0 heterocycles. The molecule has 0 bridgehead atoms. The van der Waals surface area contributed by atoms with Gasteiger partial charge in [0.15, 0.2) is 7.85 Å². The molecule has 0 spiro atoms. The van der Waals surface area contributed by atoms with E-state index < -0.39 is 11.6 Å². The second kappa shape index (κ2) is 3.24. The van der Waals surface area contributed by atoms with Crippen molar-refractivity contribution in [3.05, 3.63) is 0 Å². The lowest BCUT2D eigenvalue weighted by Gasteiger charge is -1.95. The minimum atomic E-state index is -0.757. The molecule has 0 saturated carbocycles. The van der Waals surface area contributed by atoms with E-state index in [0.717, 1.165) is 0 Å². The Kier molecular flexibility index (Phi) is 2.92. The molecule has 4 heteroatoms. The third kappa shape index (κ3) is 2.39. The molecular weight excluding hydrogens is 105 g/mol. The van der Waals surface area contributed by atoms with E-state index in [2.05, 4.69) is 4.74 Å². The highest BCUT2D eigenvalue weighted by molar-refractivity contribution is 6.77. The molecule has 8 heavy (non-hydrogen) atoms. The maximum Gasteiger partial charge on any atom is 0.340 e. The van der Waals surface area contributed by atoms with Gasteiger partial charge < -0.3 is 10.1 Å². The van der Waals surface area contributed by atoms with E-state index in [9.17, 15) is 4.79 Å². The van der Waals surface area contributed by atoms with Gasteiger partial charge in [0.2, 0.25) is 0 Å². The number of nitrogens with one attached hydrogen (secondary N) is 1. The summed E-state index contributed by atoms with van der Waals surface area (Å²) in [6, 6.07) is 0. The fraction of sp³-hybridized carbons (Fsp3) is 0.500. The normalized spacial score (nSPS) is 8.12. The molecule has 2 radical (unpaired) electrons. The lowest BCUT2D eigenvalue weighted by atomic mass is 10.0. The molecule has 0 amide bonds. The SMILES string of the molecule is [B]C(=N)C(=O)OCC. The molecule has 0 rings (SSSR count). The van der Waals surface area contributed by atoms with Crippen LogP contribution in [0.15, 0.2) is 0 Å². The molecule has 0 aliphatic carbocycles. The van der Waals surface area contributed by atoms with E-state index in [1.807, 2.05) is 0 Å². The van der Waals surface area contributed by atoms with Crippen molar-refractivity contribution in [3.63, 3.8) is 0 Å². The second-order valence-corrected chi connectivity index (χ2v) is 1.13. The van der Waals surface area contributed by atoms with Crippen LogP contribution in [0, 0.1) is 5.41 Å². The minimum absolute atomic E-state index is 0.262. The standard InChI is InChI=1S/C4H6BNO2/c1-2-8-4(7)3(5)6/h6H,2H2,1H3. The zero-order chi connectivity index (χ0) is 6.57. The van der Waals surface area contributed by atoms with Crippen LogP contribution >= 0.6 is 0 Å². The first-order chi connectivity index (χ1) is 3.68. The summed E-state index contributed by atoms with van der Waals surface area (Å²) in [5, 5.41) is 6.51. The second-order valence-electron chi connectivity index (χ2n) is 1.13. The quantitative estimate of drug-likeness (QED) is 0.302. The molecule has 0 saturated heterocycles. The maximum atomic E-state index is 10.2. The van der Waals surface area contributed by atoms with Crippen LogP contribution in [-0.4, -0.2) is 26.0 Å². The Hall–Kier alpha value is -0.795. The monoisotopic (exact) mass is 111 g/mol. The number of rotatable bonds is 2. The Morgan fingerprint density at radius 1 is 1.88 bits per heavy atom. The number of ether oxygens (including phenoxy) is 1. The summed E-state index contributed by atoms with van der Waals surface area (Å²) < 4.78 is 4.31. The predicted molar refractivity (Wildman–Crippen MR) is 30.1 cm³/mol. The van der Waals surface area contributed by atoms with Gasteiger partial charge in [-0.2, -0.15) is 0 Å². The number of carbonyl (C=O) groups excluding carboxylic acids is 1. The predicted octanol–water partition coefficient (Wildman–Crippen LogP) is -0.305. The number of hydrogen-bond donors (Lipinski definition) is 1. The molecule has 0 aromatic rings. The summed E-state index contributed by atoms with van der Waals surface area (Å²) in [5.74, 6) is -0.757. The van der Waals surface area contributed by atoms with Crippen molar-refractivity contribution in [1.82, 2.24) is 0 Å². The Balaban J connectivity index is 3.49. The lowest BCUT2D eigenvalue weighted by molar-refractivity contribution is -0.134. The highest BCUT2D eigenvalue weighted by Gasteiger charge is 2.00. The smallest absolute Gasteiger partial charge is 0.340 e. The lowest BCUT2D eigenvalue weighted by Crippen LogP contribution is -2.15. The highest BCUT2D eigenvalue weighted by atomic mass is 16.5. The maximum absolute atomic E-state index is 10.2. The van der Waals surface area contributed by atoms with Gasteiger partial charge >= 0.3 is 5.97 Å². The van der Waals surface area contributed by atoms with Crippen molar-refractivity contribution in [2.75, 3.05) is 6.61 Å². The van der Waals surface area contributed by atoms with Gasteiger partial charge in [0.05, 0.1) is 12.2 Å². The fourth-order valence-electron chi connectivity index (χ4n) is 0.209. The molecule has 0 aromatic heterocycles. The van der Waals surface area contributed by atoms with E-state index in [0.29, 0.717) is 0 Å². The minimum Gasteiger partial charge on any atom is -0.462 e. The van der Waals surface area contributed by atoms with Gasteiger partial charge in [-0.3, -0.25) is 0 Å². The summed E-state index contributed by atoms with van der Waals surface area (Å²) in [4.78, 5) is 10.2. The summed E-state index contributed by atoms with van der Waals surface area (Å²) in [7, 11) is 4.73. The molecule has 1 N–H and O–H groups in total. The van der Waals surface area contributed by atoms with Gasteiger partial charge in [0, 0.05) is 0 Å². The molecule has 0 fully saturated rings. The molecular formula is C4H6BNO2. The first-order valence-electron chi connectivity index (χ1n) is 2.19. The summed E-state index contributed by atoms with van der Waals surface area (Å²) >= 11 is 0. The van der Waals surface area contributed by atoms with E-state index in [4.69, 9.17) is 13.3 Å². The summed E-state index contributed by atoms with van der Waals surface area (Å²) in [5.41, 5.74) is -0.549. The van der Waals surface area contributed by atoms with Gasteiger partial charge in [-0.15, -0.1) is 0 Å². The number of esters is 1. The van der Waals surface area contributed by atoms with Gasteiger partial charge in [0.25, 0.3) is 0 Å². The topological polar surface area (TPSA) is 50.2 Å². The largest absolute Gasteiger partial charge is 0.462 e. The third-order valence-corrected chi connectivity index (χ3v) is 0.495. The molecule has 0 unspecified atom stereocenters. The van der Waals surface area contributed by atoms with E-state index in [-0.39, 0.29) is 6.61 Å². The van der Waals surface area contributed by atoms with Crippen LogP contribution in [0.4, 0.5) is 0 Å². The zero-order valence-electron chi connectivity index (χ0n) is 4.60. The van der Waals surface area contributed by atoms with Gasteiger partial charge in [-0.25, -0.2) is 4.79 Å². The van der Waals surface area contributed by atoms with E-state index in [1.165, 1.54) is 0 Å². The average molecular weight is 111 g/mol. The van der Waals surface area contributed by atoms with Crippen LogP contribution in [0.1, 0.15) is 6.92 Å². The third-order valence-electron chi connectivity index (χ3n) is 0.495. The van der Waals surface area contributed by atoms with Crippen LogP contribution in [-0.2, 0) is 9.53 Å². The van der Waals surface area contributed by atoms with Crippen LogP contribution < -0.4 is 0 Å². The van der Waals surface area contributed by atoms with Crippen molar-refractivity contribution in [3.8, 4) is 0 Å². The molecule has 3 nitrogen and oxygen atoms in total. The van der Waals surface area contributed by atoms with E-state index >= 15 is 0 Å². The van der Waals surface area contributed by atoms with Gasteiger partial charge in [0.1, 0.15) is 0 Å². The first-order valence-corrected chi connectivity index (χ1v) is 2.19. The van der Waals surface area contributed by atoms with Crippen molar-refractivity contribution < 1.29 is 9.53 Å². The Morgan fingerprint density at radius 2 is 2.38 bits per heavy atom. The highest BCUT2D eigenvalue weighted by Crippen LogP contribution is 1.74. The Labute approximate surface area is 48.9 Å². The summed E-state index contributed by atoms with van der Waals surface area (Å²) in [6.07, 6.45) is 0. The van der Waals surface area contributed by atoms with Crippen molar-refractivity contribution in [1.29, 1.82) is 5.41 Å². The summed E-state index contributed by atoms with van der Waals surface area (Å²) in [6.45, 7) is 1.92. The van der Waals surface area contributed by atoms with Crippen LogP contribution in [0.5, 0.6) is 0 Å². The fourth-order valence-corrected chi connectivity index (χ4v) is 0.209. The zero-order valence-corrected chi connectivity index (χ0v) is 4.60. The van der Waals surface area contributed by atoms with Gasteiger partial charge in [-0.05, 0) is 6.92 Å². The van der Waals surface area contributed by atoms with Crippen LogP contribution in [0.2, 0.25) is 0 Å². The van der Waals surface area contributed by atoms with Crippen molar-refractivity contribution in [2.45, 2.75) is 6.92 Å². The number of carbonyl (C=O) groups is 1. The Morgan fingerprint density at radius 3 is 2.50 bits per heavy atom.